The Morgan fingerprint density at radius 2 is 1.83 bits per heavy atom. The van der Waals surface area contributed by atoms with Gasteiger partial charge in [0.25, 0.3) is 5.56 Å². The van der Waals surface area contributed by atoms with Crippen LogP contribution in [0.15, 0.2) is 75.2 Å². The highest BCUT2D eigenvalue weighted by Crippen LogP contribution is 2.17. The van der Waals surface area contributed by atoms with E-state index >= 15 is 0 Å². The lowest BCUT2D eigenvalue weighted by Gasteiger charge is -2.07. The molecule has 0 saturated carbocycles. The summed E-state index contributed by atoms with van der Waals surface area (Å²) in [6.07, 6.45) is 2.81. The zero-order chi connectivity index (χ0) is 16.9. The summed E-state index contributed by atoms with van der Waals surface area (Å²) in [5.41, 5.74) is 3.75. The first-order chi connectivity index (χ1) is 11.7. The van der Waals surface area contributed by atoms with Crippen LogP contribution in [-0.4, -0.2) is 16.0 Å². The van der Waals surface area contributed by atoms with Gasteiger partial charge in [-0.2, -0.15) is 14.9 Å². The van der Waals surface area contributed by atoms with Crippen LogP contribution >= 0.6 is 15.9 Å². The van der Waals surface area contributed by atoms with Crippen LogP contribution in [-0.2, 0) is 0 Å². The van der Waals surface area contributed by atoms with Crippen molar-refractivity contribution in [3.63, 3.8) is 0 Å². The molecule has 0 fully saturated rings. The number of nitrogens with zero attached hydrogens (tertiary/aromatic N) is 3. The number of nitrogens with one attached hydrogen (secondary N) is 1. The maximum Gasteiger partial charge on any atom is 0.287 e. The zero-order valence-electron chi connectivity index (χ0n) is 12.4. The molecule has 120 valence electrons. The normalized spacial score (nSPS) is 10.9. The fraction of sp³-hybridized carbons (Fsp3) is 0. The first kappa shape index (κ1) is 16.1. The summed E-state index contributed by atoms with van der Waals surface area (Å²) in [4.78, 5) is 12.4. The van der Waals surface area contributed by atoms with Gasteiger partial charge < -0.3 is 0 Å². The summed E-state index contributed by atoms with van der Waals surface area (Å²) in [6, 6.07) is 15.3. The lowest BCUT2D eigenvalue weighted by molar-refractivity contribution is 0.626. The molecule has 0 aliphatic carbocycles. The van der Waals surface area contributed by atoms with Crippen LogP contribution in [0.3, 0.4) is 0 Å². The fourth-order valence-corrected chi connectivity index (χ4v) is 2.37. The molecule has 0 saturated heterocycles. The van der Waals surface area contributed by atoms with Crippen LogP contribution in [0.1, 0.15) is 5.56 Å². The molecule has 24 heavy (non-hydrogen) atoms. The molecule has 3 rings (SSSR count). The van der Waals surface area contributed by atoms with Crippen molar-refractivity contribution in [3.8, 4) is 5.69 Å². The van der Waals surface area contributed by atoms with Crippen LogP contribution in [0, 0.1) is 5.82 Å². The van der Waals surface area contributed by atoms with Crippen molar-refractivity contribution in [1.82, 2.24) is 9.78 Å². The van der Waals surface area contributed by atoms with Gasteiger partial charge in [0.2, 0.25) is 0 Å². The predicted molar refractivity (Wildman–Crippen MR) is 95.2 cm³/mol. The second-order valence-electron chi connectivity index (χ2n) is 4.82. The molecular weight excluding hydrogens is 375 g/mol. The van der Waals surface area contributed by atoms with Gasteiger partial charge in [0, 0.05) is 5.56 Å². The largest absolute Gasteiger partial charge is 0.287 e. The molecule has 0 aliphatic rings. The van der Waals surface area contributed by atoms with E-state index in [9.17, 15) is 9.18 Å². The van der Waals surface area contributed by atoms with Gasteiger partial charge in [-0.1, -0.05) is 36.4 Å². The van der Waals surface area contributed by atoms with Crippen molar-refractivity contribution in [2.24, 2.45) is 5.10 Å². The van der Waals surface area contributed by atoms with Crippen molar-refractivity contribution >= 4 is 27.8 Å². The number of benzene rings is 2. The quantitative estimate of drug-likeness (QED) is 0.550. The first-order valence-corrected chi connectivity index (χ1v) is 7.83. The average Bonchev–Trinajstić information content (AvgIpc) is 2.61. The van der Waals surface area contributed by atoms with Gasteiger partial charge in [-0.05, 0) is 34.1 Å². The third kappa shape index (κ3) is 3.41. The van der Waals surface area contributed by atoms with E-state index in [0.717, 1.165) is 0 Å². The number of hydrogen-bond donors (Lipinski definition) is 1. The van der Waals surface area contributed by atoms with Crippen molar-refractivity contribution in [1.29, 1.82) is 0 Å². The molecule has 0 atom stereocenters. The van der Waals surface area contributed by atoms with E-state index in [1.54, 1.807) is 30.3 Å². The van der Waals surface area contributed by atoms with E-state index in [1.165, 1.54) is 23.2 Å². The minimum atomic E-state index is -0.375. The number of hydrogen-bond acceptors (Lipinski definition) is 4. The van der Waals surface area contributed by atoms with E-state index in [2.05, 4.69) is 31.6 Å². The van der Waals surface area contributed by atoms with Crippen molar-refractivity contribution in [2.75, 3.05) is 5.43 Å². The highest BCUT2D eigenvalue weighted by Gasteiger charge is 2.09. The van der Waals surface area contributed by atoms with Crippen molar-refractivity contribution in [3.05, 3.63) is 87.0 Å². The molecule has 1 heterocycles. The lowest BCUT2D eigenvalue weighted by Crippen LogP contribution is -2.22. The van der Waals surface area contributed by atoms with E-state index in [1.807, 2.05) is 18.2 Å². The molecule has 0 bridgehead atoms. The molecule has 2 aromatic carbocycles. The number of anilines is 1. The first-order valence-electron chi connectivity index (χ1n) is 7.03. The topological polar surface area (TPSA) is 59.3 Å². The minimum Gasteiger partial charge on any atom is -0.275 e. The maximum absolute atomic E-state index is 13.5. The van der Waals surface area contributed by atoms with Crippen LogP contribution in [0.2, 0.25) is 0 Å². The van der Waals surface area contributed by atoms with Gasteiger partial charge in [-0.25, -0.2) is 4.39 Å². The Hall–Kier alpha value is -2.80. The smallest absolute Gasteiger partial charge is 0.275 e. The number of para-hydroxylation sites is 1. The Labute approximate surface area is 145 Å². The summed E-state index contributed by atoms with van der Waals surface area (Å²) >= 11 is 3.25. The fourth-order valence-electron chi connectivity index (χ4n) is 2.01. The van der Waals surface area contributed by atoms with Crippen LogP contribution in [0.5, 0.6) is 0 Å². The van der Waals surface area contributed by atoms with Gasteiger partial charge in [-0.15, -0.1) is 0 Å². The molecule has 3 aromatic rings. The number of hydrazone groups is 1. The Kier molecular flexibility index (Phi) is 4.81. The standard InChI is InChI=1S/C17H12BrFN4O/c18-16-15(22-20-10-12-6-4-5-9-14(12)19)11-21-23(17(16)24)13-7-2-1-3-8-13/h1-11,22H/b20-10+. The molecule has 0 aliphatic heterocycles. The van der Waals surface area contributed by atoms with E-state index in [0.29, 0.717) is 16.9 Å². The zero-order valence-corrected chi connectivity index (χ0v) is 13.9. The molecule has 1 aromatic heterocycles. The van der Waals surface area contributed by atoms with E-state index in [-0.39, 0.29) is 15.8 Å². The summed E-state index contributed by atoms with van der Waals surface area (Å²) in [5.74, 6) is -0.375. The van der Waals surface area contributed by atoms with Crippen LogP contribution < -0.4 is 11.0 Å². The summed E-state index contributed by atoms with van der Waals surface area (Å²) in [6.45, 7) is 0. The predicted octanol–water partition coefficient (Wildman–Crippen LogP) is 3.58. The van der Waals surface area contributed by atoms with Crippen molar-refractivity contribution in [2.45, 2.75) is 0 Å². The Morgan fingerprint density at radius 1 is 1.12 bits per heavy atom. The highest BCUT2D eigenvalue weighted by molar-refractivity contribution is 9.10. The average molecular weight is 387 g/mol. The summed E-state index contributed by atoms with van der Waals surface area (Å²) < 4.78 is 15.1. The van der Waals surface area contributed by atoms with Crippen molar-refractivity contribution < 1.29 is 4.39 Å². The Balaban J connectivity index is 1.84. The molecular formula is C17H12BrFN4O. The van der Waals surface area contributed by atoms with Gasteiger partial charge in [0.15, 0.2) is 0 Å². The third-order valence-corrected chi connectivity index (χ3v) is 3.98. The molecule has 0 radical (unpaired) electrons. The van der Waals surface area contributed by atoms with Gasteiger partial charge in [0.05, 0.1) is 23.8 Å². The summed E-state index contributed by atoms with van der Waals surface area (Å²) in [7, 11) is 0. The monoisotopic (exact) mass is 386 g/mol. The molecule has 5 nitrogen and oxygen atoms in total. The number of halogens is 2. The van der Waals surface area contributed by atoms with E-state index in [4.69, 9.17) is 0 Å². The van der Waals surface area contributed by atoms with E-state index < -0.39 is 0 Å². The Morgan fingerprint density at radius 3 is 2.58 bits per heavy atom. The summed E-state index contributed by atoms with van der Waals surface area (Å²) in [5, 5.41) is 8.06. The van der Waals surface area contributed by atoms with Gasteiger partial charge in [0.1, 0.15) is 10.3 Å². The molecule has 0 unspecified atom stereocenters. The van der Waals surface area contributed by atoms with Gasteiger partial charge in [-0.3, -0.25) is 10.2 Å². The second-order valence-corrected chi connectivity index (χ2v) is 5.61. The lowest BCUT2D eigenvalue weighted by atomic mass is 10.2. The molecule has 7 heteroatoms. The third-order valence-electron chi connectivity index (χ3n) is 3.21. The SMILES string of the molecule is O=c1c(Br)c(N/N=C/c2ccccc2F)cnn1-c1ccccc1. The molecule has 0 amide bonds. The number of aromatic nitrogens is 2. The molecule has 1 N–H and O–H groups in total. The molecule has 0 spiro atoms. The number of rotatable bonds is 4. The maximum atomic E-state index is 13.5. The van der Waals surface area contributed by atoms with Gasteiger partial charge >= 0.3 is 0 Å². The second kappa shape index (κ2) is 7.18. The van der Waals surface area contributed by atoms with Crippen LogP contribution in [0.4, 0.5) is 10.1 Å². The van der Waals surface area contributed by atoms with Crippen LogP contribution in [0.25, 0.3) is 5.69 Å². The highest BCUT2D eigenvalue weighted by atomic mass is 79.9. The minimum absolute atomic E-state index is 0.284. The Bertz CT molecular complexity index is 941.